The molecular weight excluding hydrogens is 247 g/mol. The smallest absolute Gasteiger partial charge is 0.248 e. The summed E-state index contributed by atoms with van der Waals surface area (Å²) >= 11 is 0. The van der Waals surface area contributed by atoms with Gasteiger partial charge in [0.25, 0.3) is 15.2 Å². The Hall–Kier alpha value is -1.80. The third-order valence-corrected chi connectivity index (χ3v) is 2.82. The molecule has 3 N–H and O–H groups in total. The molecule has 0 fully saturated rings. The number of hydrogen-bond acceptors (Lipinski definition) is 4. The Balaban J connectivity index is 2.55. The number of H-pyrrole nitrogens is 1. The predicted octanol–water partition coefficient (Wildman–Crippen LogP) is 0.567. The van der Waals surface area contributed by atoms with Gasteiger partial charge < -0.3 is 0 Å². The number of nitrogens with one attached hydrogen (secondary N) is 1. The molecule has 0 bridgehead atoms. The molecule has 2 rings (SSSR count). The summed E-state index contributed by atoms with van der Waals surface area (Å²) in [6.07, 6.45) is 0. The Morgan fingerprint density at radius 1 is 1.41 bits per heavy atom. The fourth-order valence-electron chi connectivity index (χ4n) is 1.31. The second-order valence-electron chi connectivity index (χ2n) is 3.49. The van der Waals surface area contributed by atoms with Crippen LogP contribution in [0.4, 0.5) is 4.39 Å². The van der Waals surface area contributed by atoms with Crippen LogP contribution in [0.25, 0.3) is 11.4 Å². The Morgan fingerprint density at radius 2 is 2.12 bits per heavy atom. The van der Waals surface area contributed by atoms with Crippen LogP contribution in [0, 0.1) is 12.7 Å². The van der Waals surface area contributed by atoms with Crippen molar-refractivity contribution >= 4 is 10.0 Å². The highest BCUT2D eigenvalue weighted by molar-refractivity contribution is 7.89. The fourth-order valence-corrected chi connectivity index (χ4v) is 1.69. The minimum Gasteiger partial charge on any atom is -0.248 e. The Morgan fingerprint density at radius 3 is 2.71 bits per heavy atom. The van der Waals surface area contributed by atoms with Gasteiger partial charge in [-0.15, -0.1) is 0 Å². The van der Waals surface area contributed by atoms with Gasteiger partial charge in [-0.1, -0.05) is 11.6 Å². The average molecular weight is 256 g/mol. The van der Waals surface area contributed by atoms with Crippen molar-refractivity contribution in [1.82, 2.24) is 15.2 Å². The zero-order valence-corrected chi connectivity index (χ0v) is 9.62. The standard InChI is InChI=1S/C9H9FN4O2S/c1-5-2-3-7(10)6(4-5)8-12-9(14-13-8)17(11,15)16/h2-4H,1H3,(H2,11,15,16)(H,12,13,14). The molecular formula is C9H9FN4O2S. The van der Waals surface area contributed by atoms with Gasteiger partial charge in [0, 0.05) is 0 Å². The first kappa shape index (κ1) is 11.7. The molecule has 0 radical (unpaired) electrons. The summed E-state index contributed by atoms with van der Waals surface area (Å²) in [4.78, 5) is 3.63. The molecule has 0 spiro atoms. The van der Waals surface area contributed by atoms with Gasteiger partial charge in [-0.05, 0) is 19.1 Å². The first-order valence-electron chi connectivity index (χ1n) is 4.59. The minimum absolute atomic E-state index is 0.0461. The lowest BCUT2D eigenvalue weighted by molar-refractivity contribution is 0.589. The van der Waals surface area contributed by atoms with Crippen molar-refractivity contribution in [2.75, 3.05) is 0 Å². The van der Waals surface area contributed by atoms with Gasteiger partial charge in [-0.25, -0.2) is 23.0 Å². The second-order valence-corrected chi connectivity index (χ2v) is 4.97. The highest BCUT2D eigenvalue weighted by atomic mass is 32.2. The number of primary sulfonamides is 1. The zero-order valence-electron chi connectivity index (χ0n) is 8.81. The van der Waals surface area contributed by atoms with E-state index in [1.165, 1.54) is 12.1 Å². The lowest BCUT2D eigenvalue weighted by Crippen LogP contribution is -2.13. The predicted molar refractivity (Wildman–Crippen MR) is 57.9 cm³/mol. The summed E-state index contributed by atoms with van der Waals surface area (Å²) in [5.41, 5.74) is 0.930. The molecule has 0 atom stereocenters. The summed E-state index contributed by atoms with van der Waals surface area (Å²) in [6, 6.07) is 4.37. The Bertz CT molecular complexity index is 665. The first-order chi connectivity index (χ1) is 7.88. The zero-order chi connectivity index (χ0) is 12.6. The van der Waals surface area contributed by atoms with Crippen LogP contribution in [-0.2, 0) is 10.0 Å². The maximum atomic E-state index is 13.5. The van der Waals surface area contributed by atoms with Crippen LogP contribution >= 0.6 is 0 Å². The van der Waals surface area contributed by atoms with E-state index in [1.54, 1.807) is 13.0 Å². The van der Waals surface area contributed by atoms with E-state index in [0.717, 1.165) is 5.56 Å². The topological polar surface area (TPSA) is 102 Å². The largest absolute Gasteiger partial charge is 0.273 e. The summed E-state index contributed by atoms with van der Waals surface area (Å²) < 4.78 is 35.4. The monoisotopic (exact) mass is 256 g/mol. The van der Waals surface area contributed by atoms with Gasteiger partial charge in [0.1, 0.15) is 5.82 Å². The molecule has 1 aromatic heterocycles. The van der Waals surface area contributed by atoms with Crippen LogP contribution in [0.3, 0.4) is 0 Å². The molecule has 1 aromatic carbocycles. The van der Waals surface area contributed by atoms with E-state index in [2.05, 4.69) is 15.2 Å². The van der Waals surface area contributed by atoms with Gasteiger partial charge in [0.15, 0.2) is 5.82 Å². The molecule has 0 aliphatic rings. The molecule has 0 saturated carbocycles. The van der Waals surface area contributed by atoms with E-state index < -0.39 is 21.0 Å². The van der Waals surface area contributed by atoms with Gasteiger partial charge >= 0.3 is 0 Å². The average Bonchev–Trinajstić information content (AvgIpc) is 2.70. The summed E-state index contributed by atoms with van der Waals surface area (Å²) in [5, 5.41) is 10.1. The lowest BCUT2D eigenvalue weighted by Gasteiger charge is -1.99. The number of hydrogen-bond donors (Lipinski definition) is 2. The van der Waals surface area contributed by atoms with Crippen molar-refractivity contribution in [3.63, 3.8) is 0 Å². The van der Waals surface area contributed by atoms with E-state index in [4.69, 9.17) is 5.14 Å². The van der Waals surface area contributed by atoms with Crippen LogP contribution in [-0.4, -0.2) is 23.6 Å². The van der Waals surface area contributed by atoms with Crippen LogP contribution in [0.2, 0.25) is 0 Å². The third kappa shape index (κ3) is 2.32. The van der Waals surface area contributed by atoms with Crippen LogP contribution in [0.15, 0.2) is 23.4 Å². The van der Waals surface area contributed by atoms with E-state index in [9.17, 15) is 12.8 Å². The molecule has 0 unspecified atom stereocenters. The molecule has 1 heterocycles. The summed E-state index contributed by atoms with van der Waals surface area (Å²) in [6.45, 7) is 1.77. The van der Waals surface area contributed by atoms with Gasteiger partial charge in [-0.2, -0.15) is 10.1 Å². The lowest BCUT2D eigenvalue weighted by atomic mass is 10.1. The molecule has 90 valence electrons. The molecule has 0 aliphatic heterocycles. The van der Waals surface area contributed by atoms with Crippen molar-refractivity contribution in [2.45, 2.75) is 12.1 Å². The van der Waals surface area contributed by atoms with Crippen molar-refractivity contribution < 1.29 is 12.8 Å². The molecule has 8 heteroatoms. The molecule has 0 amide bonds. The molecule has 2 aromatic rings. The number of nitrogens with two attached hydrogens (primary N) is 1. The van der Waals surface area contributed by atoms with Crippen molar-refractivity contribution in [2.24, 2.45) is 5.14 Å². The summed E-state index contributed by atoms with van der Waals surface area (Å²) in [7, 11) is -3.96. The van der Waals surface area contributed by atoms with Crippen molar-refractivity contribution in [1.29, 1.82) is 0 Å². The number of nitrogens with zero attached hydrogens (tertiary/aromatic N) is 2. The van der Waals surface area contributed by atoms with E-state index in [-0.39, 0.29) is 11.4 Å². The number of benzene rings is 1. The summed E-state index contributed by atoms with van der Waals surface area (Å²) in [5.74, 6) is -0.578. The normalized spacial score (nSPS) is 11.7. The highest BCUT2D eigenvalue weighted by Crippen LogP contribution is 2.20. The third-order valence-electron chi connectivity index (χ3n) is 2.10. The van der Waals surface area contributed by atoms with Crippen LogP contribution in [0.5, 0.6) is 0 Å². The number of aromatic amines is 1. The number of halogens is 1. The molecule has 17 heavy (non-hydrogen) atoms. The van der Waals surface area contributed by atoms with Crippen molar-refractivity contribution in [3.05, 3.63) is 29.6 Å². The second kappa shape index (κ2) is 3.90. The molecule has 0 saturated heterocycles. The quantitative estimate of drug-likeness (QED) is 0.819. The van der Waals surface area contributed by atoms with Gasteiger partial charge in [0.2, 0.25) is 0 Å². The number of sulfonamides is 1. The van der Waals surface area contributed by atoms with Crippen molar-refractivity contribution in [3.8, 4) is 11.4 Å². The van der Waals surface area contributed by atoms with Gasteiger partial charge in [-0.3, -0.25) is 0 Å². The van der Waals surface area contributed by atoms with Crippen LogP contribution < -0.4 is 5.14 Å². The Labute approximate surface area is 96.7 Å². The SMILES string of the molecule is Cc1ccc(F)c(-c2n[nH]c(S(N)(=O)=O)n2)c1. The minimum atomic E-state index is -3.96. The number of rotatable bonds is 2. The van der Waals surface area contributed by atoms with E-state index in [0.29, 0.717) is 0 Å². The first-order valence-corrected chi connectivity index (χ1v) is 6.14. The molecule has 6 nitrogen and oxygen atoms in total. The maximum Gasteiger partial charge on any atom is 0.273 e. The van der Waals surface area contributed by atoms with E-state index >= 15 is 0 Å². The number of aryl methyl sites for hydroxylation is 1. The highest BCUT2D eigenvalue weighted by Gasteiger charge is 2.17. The van der Waals surface area contributed by atoms with Gasteiger partial charge in [0.05, 0.1) is 5.56 Å². The van der Waals surface area contributed by atoms with E-state index in [1.807, 2.05) is 0 Å². The number of aromatic nitrogens is 3. The fraction of sp³-hybridized carbons (Fsp3) is 0.111. The Kier molecular flexibility index (Phi) is 2.68. The molecule has 0 aliphatic carbocycles. The van der Waals surface area contributed by atoms with Crippen LogP contribution in [0.1, 0.15) is 5.56 Å². The maximum absolute atomic E-state index is 13.5.